The molecule has 7 nitrogen and oxygen atoms in total. The first-order valence-corrected chi connectivity index (χ1v) is 8.73. The van der Waals surface area contributed by atoms with Crippen LogP contribution in [0.3, 0.4) is 0 Å². The summed E-state index contributed by atoms with van der Waals surface area (Å²) in [5, 5.41) is 12.2. The van der Waals surface area contributed by atoms with Crippen LogP contribution < -0.4 is 5.32 Å². The summed E-state index contributed by atoms with van der Waals surface area (Å²) in [6, 6.07) is 0.0528. The van der Waals surface area contributed by atoms with Gasteiger partial charge >= 0.3 is 5.97 Å². The highest BCUT2D eigenvalue weighted by atomic mass is 16.4. The summed E-state index contributed by atoms with van der Waals surface area (Å²) in [6.45, 7) is 4.22. The van der Waals surface area contributed by atoms with E-state index in [0.717, 1.165) is 32.2 Å². The second-order valence-electron chi connectivity index (χ2n) is 7.23. The zero-order chi connectivity index (χ0) is 17.2. The molecule has 2 aliphatic rings. The highest BCUT2D eigenvalue weighted by molar-refractivity contribution is 5.85. The normalized spacial score (nSPS) is 25.5. The molecule has 1 saturated heterocycles. The molecule has 0 bridgehead atoms. The van der Waals surface area contributed by atoms with E-state index in [4.69, 9.17) is 5.11 Å². The summed E-state index contributed by atoms with van der Waals surface area (Å²) < 4.78 is 1.96. The molecule has 3 rings (SSSR count). The van der Waals surface area contributed by atoms with Crippen molar-refractivity contribution in [2.45, 2.75) is 45.2 Å². The van der Waals surface area contributed by atoms with E-state index in [-0.39, 0.29) is 23.9 Å². The molecule has 1 aromatic heterocycles. The average molecular weight is 334 g/mol. The highest BCUT2D eigenvalue weighted by Crippen LogP contribution is 2.47. The van der Waals surface area contributed by atoms with Crippen molar-refractivity contribution in [2.75, 3.05) is 19.6 Å². The lowest BCUT2D eigenvalue weighted by Crippen LogP contribution is -2.45. The number of rotatable bonds is 8. The second kappa shape index (κ2) is 6.93. The Morgan fingerprint density at radius 1 is 1.38 bits per heavy atom. The minimum Gasteiger partial charge on any atom is -0.480 e. The minimum atomic E-state index is -0.809. The topological polar surface area (TPSA) is 87.5 Å². The van der Waals surface area contributed by atoms with E-state index < -0.39 is 5.97 Å². The summed E-state index contributed by atoms with van der Waals surface area (Å²) in [4.78, 5) is 29.7. The van der Waals surface area contributed by atoms with Crippen molar-refractivity contribution < 1.29 is 14.7 Å². The van der Waals surface area contributed by atoms with Crippen LogP contribution in [0.2, 0.25) is 0 Å². The Labute approximate surface area is 142 Å². The smallest absolute Gasteiger partial charge is 0.317 e. The number of hydrogen-bond acceptors (Lipinski definition) is 4. The standard InChI is InChI=1S/C17H26N4O3/c1-2-3-13-8-21(10-15(22)23)9-14(13)19-16(24)17(4-5-17)11-20-7-6-18-12-20/h6-7,12-14H,2-5,8-11H2,1H3,(H,19,24)(H,22,23)/t13-,14-/m0/s1. The molecule has 1 aliphatic carbocycles. The first-order valence-electron chi connectivity index (χ1n) is 8.73. The van der Waals surface area contributed by atoms with Crippen LogP contribution in [0.25, 0.3) is 0 Å². The van der Waals surface area contributed by atoms with Gasteiger partial charge in [-0.3, -0.25) is 14.5 Å². The minimum absolute atomic E-state index is 0.0484. The molecule has 1 saturated carbocycles. The lowest BCUT2D eigenvalue weighted by atomic mass is 9.97. The molecule has 132 valence electrons. The number of carboxylic acids is 1. The summed E-state index contributed by atoms with van der Waals surface area (Å²) in [6.07, 6.45) is 9.22. The molecule has 2 atom stereocenters. The van der Waals surface area contributed by atoms with Crippen molar-refractivity contribution in [3.63, 3.8) is 0 Å². The third-order valence-electron chi connectivity index (χ3n) is 5.23. The van der Waals surface area contributed by atoms with Crippen molar-refractivity contribution in [3.05, 3.63) is 18.7 Å². The molecule has 1 aromatic rings. The van der Waals surface area contributed by atoms with Crippen LogP contribution in [0.1, 0.15) is 32.6 Å². The lowest BCUT2D eigenvalue weighted by molar-refractivity contribution is -0.138. The Morgan fingerprint density at radius 2 is 2.17 bits per heavy atom. The first kappa shape index (κ1) is 17.0. The molecule has 1 aliphatic heterocycles. The number of carboxylic acid groups (broad SMARTS) is 1. The van der Waals surface area contributed by atoms with Crippen LogP contribution in [0.15, 0.2) is 18.7 Å². The Bertz CT molecular complexity index is 583. The molecular formula is C17H26N4O3. The Morgan fingerprint density at radius 3 is 2.75 bits per heavy atom. The zero-order valence-corrected chi connectivity index (χ0v) is 14.1. The number of aromatic nitrogens is 2. The van der Waals surface area contributed by atoms with Gasteiger partial charge in [0.1, 0.15) is 0 Å². The van der Waals surface area contributed by atoms with E-state index in [1.165, 1.54) is 0 Å². The maximum absolute atomic E-state index is 12.8. The van der Waals surface area contributed by atoms with E-state index >= 15 is 0 Å². The number of likely N-dealkylation sites (tertiary alicyclic amines) is 1. The van der Waals surface area contributed by atoms with Gasteiger partial charge in [0.15, 0.2) is 0 Å². The number of hydrogen-bond donors (Lipinski definition) is 2. The maximum Gasteiger partial charge on any atom is 0.317 e. The third kappa shape index (κ3) is 3.77. The van der Waals surface area contributed by atoms with Gasteiger partial charge in [0, 0.05) is 38.1 Å². The molecule has 2 N–H and O–H groups in total. The molecule has 2 fully saturated rings. The summed E-state index contributed by atoms with van der Waals surface area (Å²) >= 11 is 0. The summed E-state index contributed by atoms with van der Waals surface area (Å²) in [7, 11) is 0. The molecule has 1 amide bonds. The Kier molecular flexibility index (Phi) is 4.89. The number of carbonyl (C=O) groups excluding carboxylic acids is 1. The fourth-order valence-corrected chi connectivity index (χ4v) is 3.77. The third-order valence-corrected chi connectivity index (χ3v) is 5.23. The van der Waals surface area contributed by atoms with Crippen LogP contribution in [-0.2, 0) is 16.1 Å². The number of imidazole rings is 1. The van der Waals surface area contributed by atoms with E-state index in [1.807, 2.05) is 15.7 Å². The molecule has 2 heterocycles. The van der Waals surface area contributed by atoms with Gasteiger partial charge in [-0.1, -0.05) is 13.3 Å². The summed E-state index contributed by atoms with van der Waals surface area (Å²) in [5.74, 6) is -0.363. The van der Waals surface area contributed by atoms with Crippen LogP contribution in [-0.4, -0.2) is 57.1 Å². The Hall–Kier alpha value is -1.89. The van der Waals surface area contributed by atoms with Crippen molar-refractivity contribution in [1.82, 2.24) is 19.8 Å². The summed E-state index contributed by atoms with van der Waals surface area (Å²) in [5.41, 5.74) is -0.308. The first-order chi connectivity index (χ1) is 11.5. The van der Waals surface area contributed by atoms with Gasteiger partial charge in [-0.15, -0.1) is 0 Å². The Balaban J connectivity index is 1.60. The van der Waals surface area contributed by atoms with Gasteiger partial charge in [0.05, 0.1) is 18.3 Å². The van der Waals surface area contributed by atoms with Crippen LogP contribution in [0.4, 0.5) is 0 Å². The molecule has 0 spiro atoms. The average Bonchev–Trinajstić information content (AvgIpc) is 2.94. The largest absolute Gasteiger partial charge is 0.480 e. The number of aliphatic carboxylic acids is 1. The molecule has 0 aromatic carbocycles. The van der Waals surface area contributed by atoms with Gasteiger partial charge in [-0.25, -0.2) is 4.98 Å². The van der Waals surface area contributed by atoms with Gasteiger partial charge in [-0.05, 0) is 25.2 Å². The van der Waals surface area contributed by atoms with Crippen molar-refractivity contribution in [2.24, 2.45) is 11.3 Å². The van der Waals surface area contributed by atoms with Crippen LogP contribution in [0, 0.1) is 11.3 Å². The zero-order valence-electron chi connectivity index (χ0n) is 14.1. The predicted molar refractivity (Wildman–Crippen MR) is 88.3 cm³/mol. The van der Waals surface area contributed by atoms with Crippen LogP contribution >= 0.6 is 0 Å². The number of amides is 1. The number of nitrogens with one attached hydrogen (secondary N) is 1. The monoisotopic (exact) mass is 334 g/mol. The van der Waals surface area contributed by atoms with Crippen LogP contribution in [0.5, 0.6) is 0 Å². The fraction of sp³-hybridized carbons (Fsp3) is 0.706. The molecule has 7 heteroatoms. The lowest BCUT2D eigenvalue weighted by Gasteiger charge is -2.23. The highest BCUT2D eigenvalue weighted by Gasteiger charge is 2.51. The van der Waals surface area contributed by atoms with Gasteiger partial charge < -0.3 is 15.0 Å². The number of nitrogens with zero attached hydrogens (tertiary/aromatic N) is 3. The molecule has 0 radical (unpaired) electrons. The van der Waals surface area contributed by atoms with Crippen molar-refractivity contribution in [3.8, 4) is 0 Å². The van der Waals surface area contributed by atoms with Crippen molar-refractivity contribution >= 4 is 11.9 Å². The van der Waals surface area contributed by atoms with E-state index in [9.17, 15) is 9.59 Å². The second-order valence-corrected chi connectivity index (χ2v) is 7.23. The predicted octanol–water partition coefficient (Wildman–Crippen LogP) is 0.965. The van der Waals surface area contributed by atoms with E-state index in [2.05, 4.69) is 17.2 Å². The molecule has 24 heavy (non-hydrogen) atoms. The fourth-order valence-electron chi connectivity index (χ4n) is 3.77. The van der Waals surface area contributed by atoms with Gasteiger partial charge in [0.25, 0.3) is 0 Å². The molecule has 0 unspecified atom stereocenters. The quantitative estimate of drug-likeness (QED) is 0.739. The van der Waals surface area contributed by atoms with Gasteiger partial charge in [0.2, 0.25) is 5.91 Å². The number of carbonyl (C=O) groups is 2. The SMILES string of the molecule is CCC[C@H]1CN(CC(=O)O)C[C@@H]1NC(=O)C1(Cn2ccnc2)CC1. The van der Waals surface area contributed by atoms with Crippen molar-refractivity contribution in [1.29, 1.82) is 0 Å². The maximum atomic E-state index is 12.8. The molecular weight excluding hydrogens is 308 g/mol. The van der Waals surface area contributed by atoms with E-state index in [0.29, 0.717) is 19.0 Å². The van der Waals surface area contributed by atoms with E-state index in [1.54, 1.807) is 12.5 Å². The van der Waals surface area contributed by atoms with Gasteiger partial charge in [-0.2, -0.15) is 0 Å².